The molecular weight excluding hydrogens is 432 g/mol. The minimum atomic E-state index is -0.922. The highest BCUT2D eigenvalue weighted by molar-refractivity contribution is 5.99. The van der Waals surface area contributed by atoms with Gasteiger partial charge >= 0.3 is 0 Å². The lowest BCUT2D eigenvalue weighted by Crippen LogP contribution is -2.45. The summed E-state index contributed by atoms with van der Waals surface area (Å²) in [5, 5.41) is 11.3. The Morgan fingerprint density at radius 3 is 2.15 bits per heavy atom. The van der Waals surface area contributed by atoms with Crippen molar-refractivity contribution in [1.29, 1.82) is 0 Å². The Balaban J connectivity index is 2.39. The van der Waals surface area contributed by atoms with Gasteiger partial charge in [-0.1, -0.05) is 41.5 Å². The van der Waals surface area contributed by atoms with Crippen molar-refractivity contribution in [3.63, 3.8) is 0 Å². The molecule has 6 nitrogen and oxygen atoms in total. The van der Waals surface area contributed by atoms with Gasteiger partial charge in [0.1, 0.15) is 29.2 Å². The van der Waals surface area contributed by atoms with Crippen molar-refractivity contribution < 1.29 is 23.8 Å². The Bertz CT molecular complexity index is 1020. The molecule has 1 aromatic heterocycles. The van der Waals surface area contributed by atoms with Crippen molar-refractivity contribution in [1.82, 2.24) is 0 Å². The smallest absolute Gasteiger partial charge is 0.191 e. The fourth-order valence-corrected chi connectivity index (χ4v) is 5.08. The number of aliphatic hydroxyl groups excluding tert-OH is 1. The van der Waals surface area contributed by atoms with Crippen LogP contribution >= 0.6 is 0 Å². The Morgan fingerprint density at radius 1 is 1.03 bits per heavy atom. The van der Waals surface area contributed by atoms with E-state index in [1.165, 1.54) is 0 Å². The van der Waals surface area contributed by atoms with Gasteiger partial charge in [0.2, 0.25) is 0 Å². The van der Waals surface area contributed by atoms with Gasteiger partial charge in [0.05, 0.1) is 17.9 Å². The molecule has 0 aromatic carbocycles. The maximum Gasteiger partial charge on any atom is 0.191 e. The van der Waals surface area contributed by atoms with Crippen LogP contribution in [0.15, 0.2) is 20.5 Å². The first-order valence-electron chi connectivity index (χ1n) is 12.6. The van der Waals surface area contributed by atoms with Gasteiger partial charge in [-0.05, 0) is 34.1 Å². The number of aliphatic hydroxyl groups is 1. The number of allylic oxidation sites excluding steroid dienone is 2. The second-order valence-electron chi connectivity index (χ2n) is 10.1. The second-order valence-corrected chi connectivity index (χ2v) is 10.1. The molecule has 0 saturated heterocycles. The minimum absolute atomic E-state index is 0.0451. The van der Waals surface area contributed by atoms with Gasteiger partial charge in [-0.25, -0.2) is 0 Å². The van der Waals surface area contributed by atoms with Crippen LogP contribution in [0, 0.1) is 37.5 Å². The summed E-state index contributed by atoms with van der Waals surface area (Å²) in [6.45, 7) is 18.2. The van der Waals surface area contributed by atoms with Crippen LogP contribution in [0.3, 0.4) is 0 Å². The number of rotatable bonds is 9. The Hall–Kier alpha value is -2.21. The number of hydrogen-bond acceptors (Lipinski definition) is 6. The van der Waals surface area contributed by atoms with E-state index >= 15 is 0 Å². The van der Waals surface area contributed by atoms with Crippen molar-refractivity contribution in [2.45, 2.75) is 100 Å². The van der Waals surface area contributed by atoms with Crippen LogP contribution in [0.1, 0.15) is 90.4 Å². The van der Waals surface area contributed by atoms with Crippen LogP contribution in [-0.2, 0) is 20.7 Å². The van der Waals surface area contributed by atoms with Crippen LogP contribution in [0.4, 0.5) is 0 Å². The molecular formula is C28H42O6. The summed E-state index contributed by atoms with van der Waals surface area (Å²) >= 11 is 0. The van der Waals surface area contributed by atoms with E-state index in [0.717, 1.165) is 6.42 Å². The normalized spacial score (nSPS) is 23.2. The summed E-state index contributed by atoms with van der Waals surface area (Å²) in [7, 11) is 0. The predicted molar refractivity (Wildman–Crippen MR) is 133 cm³/mol. The molecule has 1 aliphatic heterocycles. The number of Topliss-reactive ketones (excluding diaryl/α,β-unsaturated/α-hetero) is 2. The minimum Gasteiger partial charge on any atom is -0.492 e. The molecule has 0 amide bonds. The van der Waals surface area contributed by atoms with Crippen LogP contribution in [0.25, 0.3) is 0 Å². The first kappa shape index (κ1) is 28.0. The predicted octanol–water partition coefficient (Wildman–Crippen LogP) is 5.05. The summed E-state index contributed by atoms with van der Waals surface area (Å²) in [5.41, 5.74) is 1.50. The molecule has 34 heavy (non-hydrogen) atoms. The number of carbonyl (C=O) groups is 2. The Kier molecular flexibility index (Phi) is 9.09. The third-order valence-corrected chi connectivity index (χ3v) is 7.83. The number of ether oxygens (including phenoxy) is 1. The topological polar surface area (TPSA) is 93.8 Å². The highest BCUT2D eigenvalue weighted by Gasteiger charge is 2.43. The zero-order valence-electron chi connectivity index (χ0n) is 22.4. The monoisotopic (exact) mass is 474 g/mol. The third-order valence-electron chi connectivity index (χ3n) is 7.83. The Labute approximate surface area is 203 Å². The zero-order chi connectivity index (χ0) is 26.1. The van der Waals surface area contributed by atoms with Gasteiger partial charge < -0.3 is 14.3 Å². The SMILES string of the molecule is CCc1oc([C@@H](C)[C@@H](O)[C@H](C)[C@H]2OC([C@@H](C)C(=O)[C@@H](C)CC)=C(C)C(=O)[C@@H]2C)c(C)c(=O)c1C. The lowest BCUT2D eigenvalue weighted by atomic mass is 9.77. The van der Waals surface area contributed by atoms with E-state index in [1.54, 1.807) is 34.6 Å². The molecule has 0 saturated carbocycles. The lowest BCUT2D eigenvalue weighted by molar-refractivity contribution is -0.133. The Morgan fingerprint density at radius 2 is 1.62 bits per heavy atom. The van der Waals surface area contributed by atoms with Crippen molar-refractivity contribution in [3.05, 3.63) is 44.2 Å². The van der Waals surface area contributed by atoms with Crippen LogP contribution in [0.2, 0.25) is 0 Å². The zero-order valence-corrected chi connectivity index (χ0v) is 22.4. The van der Waals surface area contributed by atoms with Gasteiger partial charge in [0.25, 0.3) is 0 Å². The van der Waals surface area contributed by atoms with Crippen molar-refractivity contribution in [3.8, 4) is 0 Å². The molecule has 0 bridgehead atoms. The molecule has 0 aliphatic carbocycles. The van der Waals surface area contributed by atoms with E-state index in [1.807, 2.05) is 34.6 Å². The average molecular weight is 475 g/mol. The van der Waals surface area contributed by atoms with Gasteiger partial charge in [0.15, 0.2) is 11.2 Å². The molecule has 1 N–H and O–H groups in total. The summed E-state index contributed by atoms with van der Waals surface area (Å²) in [4.78, 5) is 38.7. The summed E-state index contributed by atoms with van der Waals surface area (Å²) < 4.78 is 12.4. The number of hydrogen-bond donors (Lipinski definition) is 1. The number of ketones is 2. The van der Waals surface area contributed by atoms with E-state index in [0.29, 0.717) is 40.4 Å². The molecule has 190 valence electrons. The number of carbonyl (C=O) groups excluding carboxylic acids is 2. The number of aryl methyl sites for hydroxylation is 1. The molecule has 7 atom stereocenters. The van der Waals surface area contributed by atoms with E-state index in [9.17, 15) is 19.5 Å². The quantitative estimate of drug-likeness (QED) is 0.538. The molecule has 1 aliphatic rings. The maximum atomic E-state index is 13.1. The largest absolute Gasteiger partial charge is 0.492 e. The van der Waals surface area contributed by atoms with Gasteiger partial charge in [0, 0.05) is 40.9 Å². The van der Waals surface area contributed by atoms with Crippen LogP contribution in [0.5, 0.6) is 0 Å². The molecule has 2 rings (SSSR count). The standard InChI is InChI=1S/C28H42O6/c1-11-13(3)22(29)15(5)27-18(8)25(32)20(10)28(34-27)19(9)24(31)17(7)26-16(6)23(30)14(4)21(12-2)33-26/h13,15,17,19-20,24,28,31H,11-12H2,1-10H3/t13-,15-,17-,19-,20-,24+,28+/m0/s1. The molecule has 0 radical (unpaired) electrons. The molecule has 1 aromatic rings. The fraction of sp³-hybridized carbons (Fsp3) is 0.679. The first-order valence-corrected chi connectivity index (χ1v) is 12.6. The summed E-state index contributed by atoms with van der Waals surface area (Å²) in [6, 6.07) is 0. The molecule has 0 fully saturated rings. The highest BCUT2D eigenvalue weighted by atomic mass is 16.5. The lowest BCUT2D eigenvalue weighted by Gasteiger charge is -2.39. The van der Waals surface area contributed by atoms with E-state index < -0.39 is 35.9 Å². The van der Waals surface area contributed by atoms with E-state index in [4.69, 9.17) is 9.15 Å². The third kappa shape index (κ3) is 5.07. The second kappa shape index (κ2) is 11.0. The molecule has 0 unspecified atom stereocenters. The highest BCUT2D eigenvalue weighted by Crippen LogP contribution is 2.38. The van der Waals surface area contributed by atoms with Gasteiger partial charge in [-0.3, -0.25) is 14.4 Å². The van der Waals surface area contributed by atoms with E-state index in [2.05, 4.69) is 0 Å². The fourth-order valence-electron chi connectivity index (χ4n) is 5.08. The average Bonchev–Trinajstić information content (AvgIpc) is 2.83. The van der Waals surface area contributed by atoms with Gasteiger partial charge in [-0.2, -0.15) is 0 Å². The van der Waals surface area contributed by atoms with Crippen molar-refractivity contribution in [2.75, 3.05) is 0 Å². The summed E-state index contributed by atoms with van der Waals surface area (Å²) in [5.74, 6) is -0.567. The molecule has 2 heterocycles. The van der Waals surface area contributed by atoms with Crippen LogP contribution < -0.4 is 5.43 Å². The first-order chi connectivity index (χ1) is 15.8. The van der Waals surface area contributed by atoms with Crippen LogP contribution in [-0.4, -0.2) is 28.9 Å². The summed E-state index contributed by atoms with van der Waals surface area (Å²) in [6.07, 6.45) is -0.218. The van der Waals surface area contributed by atoms with E-state index in [-0.39, 0.29) is 22.9 Å². The van der Waals surface area contributed by atoms with Crippen molar-refractivity contribution in [2.24, 2.45) is 23.7 Å². The molecule has 6 heteroatoms. The maximum absolute atomic E-state index is 13.1. The van der Waals surface area contributed by atoms with Crippen molar-refractivity contribution >= 4 is 11.6 Å². The molecule has 0 spiro atoms. The van der Waals surface area contributed by atoms with Gasteiger partial charge in [-0.15, -0.1) is 0 Å².